The molecule has 9 nitrogen and oxygen atoms in total. The molecule has 1 unspecified atom stereocenters. The molecule has 192 valence electrons. The van der Waals surface area contributed by atoms with Crippen molar-refractivity contribution < 1.29 is 4.79 Å². The van der Waals surface area contributed by atoms with Crippen LogP contribution in [0.15, 0.2) is 53.3 Å². The number of carbonyl (C=O) groups excluding carboxylic acids is 1. The summed E-state index contributed by atoms with van der Waals surface area (Å²) >= 11 is 0. The molecule has 7 N–H and O–H groups in total. The van der Waals surface area contributed by atoms with Gasteiger partial charge in [0.25, 0.3) is 5.56 Å². The van der Waals surface area contributed by atoms with Crippen LogP contribution in [-0.4, -0.2) is 32.6 Å². The molecule has 37 heavy (non-hydrogen) atoms. The van der Waals surface area contributed by atoms with Crippen molar-refractivity contribution in [3.63, 3.8) is 0 Å². The zero-order valence-electron chi connectivity index (χ0n) is 20.9. The van der Waals surface area contributed by atoms with Gasteiger partial charge in [-0.2, -0.15) is 0 Å². The number of hydrogen-bond acceptors (Lipinski definition) is 5. The Labute approximate surface area is 214 Å². The topological polar surface area (TPSA) is 156 Å². The maximum Gasteiger partial charge on any atom is 0.270 e. The Morgan fingerprint density at radius 3 is 2.59 bits per heavy atom. The number of aromatic nitrogens is 4. The van der Waals surface area contributed by atoms with E-state index in [0.717, 1.165) is 42.5 Å². The minimum atomic E-state index is -0.326. The van der Waals surface area contributed by atoms with Crippen molar-refractivity contribution in [3.05, 3.63) is 81.5 Å². The molecule has 1 aliphatic rings. The van der Waals surface area contributed by atoms with Crippen LogP contribution in [0.25, 0.3) is 22.0 Å². The largest absolute Gasteiger partial charge is 0.346 e. The Kier molecular flexibility index (Phi) is 7.05. The fourth-order valence-corrected chi connectivity index (χ4v) is 5.30. The Hall–Kier alpha value is -3.98. The number of imidazole rings is 1. The third-order valence-corrected chi connectivity index (χ3v) is 7.49. The normalized spacial score (nSPS) is 18.5. The van der Waals surface area contributed by atoms with Crippen LogP contribution in [0, 0.1) is 24.2 Å². The molecule has 1 aliphatic carbocycles. The van der Waals surface area contributed by atoms with Gasteiger partial charge in [-0.3, -0.25) is 25.2 Å². The van der Waals surface area contributed by atoms with Crippen molar-refractivity contribution in [1.82, 2.24) is 25.5 Å². The van der Waals surface area contributed by atoms with Crippen molar-refractivity contribution in [2.45, 2.75) is 45.1 Å². The number of aryl methyl sites for hydroxylation is 1. The van der Waals surface area contributed by atoms with Crippen LogP contribution in [0.3, 0.4) is 0 Å². The van der Waals surface area contributed by atoms with Gasteiger partial charge in [-0.15, -0.1) is 0 Å². The van der Waals surface area contributed by atoms with E-state index >= 15 is 0 Å². The van der Waals surface area contributed by atoms with Crippen molar-refractivity contribution in [2.24, 2.45) is 17.6 Å². The van der Waals surface area contributed by atoms with Crippen molar-refractivity contribution >= 4 is 16.7 Å². The molecule has 4 aromatic rings. The molecule has 9 heteroatoms. The van der Waals surface area contributed by atoms with E-state index < -0.39 is 0 Å². The molecule has 0 spiro atoms. The molecular formula is C28H33N7O2. The van der Waals surface area contributed by atoms with E-state index in [1.165, 1.54) is 0 Å². The summed E-state index contributed by atoms with van der Waals surface area (Å²) in [5, 5.41) is 17.3. The average Bonchev–Trinajstić information content (AvgIpc) is 3.32. The summed E-state index contributed by atoms with van der Waals surface area (Å²) < 4.78 is 0. The van der Waals surface area contributed by atoms with E-state index in [9.17, 15) is 9.59 Å². The summed E-state index contributed by atoms with van der Waals surface area (Å²) in [5.74, 6) is 1.23. The molecule has 1 amide bonds. The molecule has 5 rings (SSSR count). The number of aromatic amines is 3. The van der Waals surface area contributed by atoms with Crippen LogP contribution in [0.4, 0.5) is 0 Å². The summed E-state index contributed by atoms with van der Waals surface area (Å²) in [5.41, 5.74) is 9.12. The summed E-state index contributed by atoms with van der Waals surface area (Å²) in [4.78, 5) is 34.0. The van der Waals surface area contributed by atoms with Crippen LogP contribution in [-0.2, 0) is 11.2 Å². The summed E-state index contributed by atoms with van der Waals surface area (Å²) in [7, 11) is 0. The third kappa shape index (κ3) is 5.27. The second-order valence-corrected chi connectivity index (χ2v) is 10.0. The smallest absolute Gasteiger partial charge is 0.270 e. The Morgan fingerprint density at radius 1 is 1.11 bits per heavy atom. The molecular weight excluding hydrogens is 466 g/mol. The molecule has 1 saturated carbocycles. The van der Waals surface area contributed by atoms with Crippen LogP contribution < -0.4 is 22.1 Å². The second kappa shape index (κ2) is 10.6. The number of carbonyl (C=O) groups is 1. The number of nitrogens with two attached hydrogens (primary N) is 1. The van der Waals surface area contributed by atoms with E-state index in [0.29, 0.717) is 41.2 Å². The van der Waals surface area contributed by atoms with Gasteiger partial charge in [0, 0.05) is 22.6 Å². The fraction of sp³-hybridized carbons (Fsp3) is 0.357. The minimum absolute atomic E-state index is 0.0142. The molecule has 1 atom stereocenters. The fourth-order valence-electron chi connectivity index (χ4n) is 5.30. The van der Waals surface area contributed by atoms with Gasteiger partial charge in [0.2, 0.25) is 5.91 Å². The maximum absolute atomic E-state index is 13.3. The first-order valence-electron chi connectivity index (χ1n) is 12.8. The number of fused-ring (bicyclic) bond motifs is 1. The maximum atomic E-state index is 13.3. The van der Waals surface area contributed by atoms with Crippen molar-refractivity contribution in [3.8, 4) is 11.3 Å². The van der Waals surface area contributed by atoms with Crippen LogP contribution >= 0.6 is 0 Å². The molecule has 1 fully saturated rings. The first kappa shape index (κ1) is 24.7. The quantitative estimate of drug-likeness (QED) is 0.231. The van der Waals surface area contributed by atoms with Gasteiger partial charge in [0.1, 0.15) is 11.3 Å². The van der Waals surface area contributed by atoms with Crippen LogP contribution in [0.2, 0.25) is 0 Å². The molecule has 0 aliphatic heterocycles. The number of H-pyrrole nitrogens is 3. The highest BCUT2D eigenvalue weighted by Gasteiger charge is 2.29. The highest BCUT2D eigenvalue weighted by molar-refractivity contribution is 5.85. The van der Waals surface area contributed by atoms with E-state index in [4.69, 9.17) is 16.1 Å². The third-order valence-electron chi connectivity index (χ3n) is 7.49. The highest BCUT2D eigenvalue weighted by atomic mass is 16.2. The number of amides is 1. The molecule has 0 bridgehead atoms. The lowest BCUT2D eigenvalue weighted by Gasteiger charge is -2.28. The second-order valence-electron chi connectivity index (χ2n) is 10.0. The standard InChI is InChI=1S/C28H33N7O2/c1-16-24(20-11-12-21-22(14-20)28(37)35-34-25(21)30)33-26(31-16)23(13-17-5-3-2-4-6-17)32-27(36)19-9-7-18(15-29)8-10-19/h2-6,11-12,14,18-19,23H,7-10,13,15,29H2,1H3,(H2,30,34)(H,31,33)(H,32,36)(H,35,37). The number of nitrogens with zero attached hydrogens (tertiary/aromatic N) is 1. The lowest BCUT2D eigenvalue weighted by Crippen LogP contribution is -2.37. The first-order chi connectivity index (χ1) is 17.9. The van der Waals surface area contributed by atoms with Crippen LogP contribution in [0.5, 0.6) is 0 Å². The number of rotatable bonds is 7. The average molecular weight is 500 g/mol. The minimum Gasteiger partial charge on any atom is -0.346 e. The van der Waals surface area contributed by atoms with E-state index in [1.807, 2.05) is 43.3 Å². The van der Waals surface area contributed by atoms with Gasteiger partial charge in [0.05, 0.1) is 17.1 Å². The Morgan fingerprint density at radius 2 is 1.86 bits per heavy atom. The highest BCUT2D eigenvalue weighted by Crippen LogP contribution is 2.30. The monoisotopic (exact) mass is 499 g/mol. The van der Waals surface area contributed by atoms with Crippen molar-refractivity contribution in [1.29, 1.82) is 5.41 Å². The Bertz CT molecular complexity index is 1510. The van der Waals surface area contributed by atoms with Crippen LogP contribution in [0.1, 0.15) is 48.8 Å². The predicted molar refractivity (Wildman–Crippen MR) is 143 cm³/mol. The van der Waals surface area contributed by atoms with E-state index in [2.05, 4.69) is 20.5 Å². The van der Waals surface area contributed by atoms with E-state index in [-0.39, 0.29) is 28.9 Å². The Balaban J connectivity index is 1.45. The van der Waals surface area contributed by atoms with E-state index in [1.54, 1.807) is 12.1 Å². The molecule has 0 saturated heterocycles. The zero-order chi connectivity index (χ0) is 25.9. The van der Waals surface area contributed by atoms with Crippen molar-refractivity contribution in [2.75, 3.05) is 6.54 Å². The first-order valence-corrected chi connectivity index (χ1v) is 12.8. The van der Waals surface area contributed by atoms with Gasteiger partial charge >= 0.3 is 0 Å². The van der Waals surface area contributed by atoms with Gasteiger partial charge in [-0.1, -0.05) is 36.4 Å². The van der Waals surface area contributed by atoms with Gasteiger partial charge in [-0.25, -0.2) is 4.98 Å². The SMILES string of the molecule is Cc1[nH]c(C(Cc2ccccc2)NC(=O)C2CCC(CN)CC2)nc1-c1ccc2c(=N)[nH][nH]c(=O)c2c1. The number of hydrogen-bond donors (Lipinski definition) is 6. The molecule has 2 heterocycles. The number of benzene rings is 2. The number of nitrogens with one attached hydrogen (secondary N) is 5. The molecule has 2 aromatic carbocycles. The lowest BCUT2D eigenvalue weighted by atomic mass is 9.81. The summed E-state index contributed by atoms with van der Waals surface area (Å²) in [6, 6.07) is 15.1. The summed E-state index contributed by atoms with van der Waals surface area (Å²) in [6.07, 6.45) is 4.29. The molecule has 0 radical (unpaired) electrons. The summed E-state index contributed by atoms with van der Waals surface area (Å²) in [6.45, 7) is 2.62. The predicted octanol–water partition coefficient (Wildman–Crippen LogP) is 3.20. The van der Waals surface area contributed by atoms with Gasteiger partial charge < -0.3 is 16.0 Å². The van der Waals surface area contributed by atoms with Gasteiger partial charge in [0.15, 0.2) is 0 Å². The van der Waals surface area contributed by atoms with Gasteiger partial charge in [-0.05, 0) is 69.2 Å². The zero-order valence-corrected chi connectivity index (χ0v) is 20.9. The molecule has 2 aromatic heterocycles. The lowest BCUT2D eigenvalue weighted by molar-refractivity contribution is -0.127.